The molecule has 1 rings (SSSR count). The third kappa shape index (κ3) is 4.73. The SMILES string of the molecule is CC(CCC(=O)O)CNC(=O)[C@@H]1CNC[C@H]1C. The van der Waals surface area contributed by atoms with Gasteiger partial charge in [0.05, 0.1) is 5.92 Å². The number of hydrogen-bond donors (Lipinski definition) is 3. The lowest BCUT2D eigenvalue weighted by Crippen LogP contribution is -2.36. The fourth-order valence-corrected chi connectivity index (χ4v) is 2.04. The molecule has 0 radical (unpaired) electrons. The highest BCUT2D eigenvalue weighted by molar-refractivity contribution is 5.79. The minimum atomic E-state index is -0.781. The highest BCUT2D eigenvalue weighted by Crippen LogP contribution is 2.15. The summed E-state index contributed by atoms with van der Waals surface area (Å²) in [6, 6.07) is 0. The Morgan fingerprint density at radius 1 is 1.47 bits per heavy atom. The maximum absolute atomic E-state index is 11.8. The Labute approximate surface area is 102 Å². The molecule has 0 aromatic heterocycles. The number of carbonyl (C=O) groups is 2. The average molecular weight is 242 g/mol. The van der Waals surface area contributed by atoms with E-state index in [-0.39, 0.29) is 24.2 Å². The molecular formula is C12H22N2O3. The van der Waals surface area contributed by atoms with E-state index in [1.54, 1.807) is 0 Å². The zero-order valence-electron chi connectivity index (χ0n) is 10.5. The summed E-state index contributed by atoms with van der Waals surface area (Å²) < 4.78 is 0. The molecule has 5 nitrogen and oxygen atoms in total. The molecular weight excluding hydrogens is 220 g/mol. The smallest absolute Gasteiger partial charge is 0.303 e. The molecule has 3 N–H and O–H groups in total. The van der Waals surface area contributed by atoms with Crippen LogP contribution in [-0.2, 0) is 9.59 Å². The largest absolute Gasteiger partial charge is 0.481 e. The van der Waals surface area contributed by atoms with Gasteiger partial charge in [-0.15, -0.1) is 0 Å². The molecule has 17 heavy (non-hydrogen) atoms. The Hall–Kier alpha value is -1.10. The van der Waals surface area contributed by atoms with Crippen LogP contribution in [-0.4, -0.2) is 36.6 Å². The van der Waals surface area contributed by atoms with E-state index in [0.717, 1.165) is 13.1 Å². The van der Waals surface area contributed by atoms with Crippen molar-refractivity contribution in [2.24, 2.45) is 17.8 Å². The van der Waals surface area contributed by atoms with Crippen molar-refractivity contribution in [3.8, 4) is 0 Å². The third-order valence-corrected chi connectivity index (χ3v) is 3.33. The van der Waals surface area contributed by atoms with Gasteiger partial charge in [-0.25, -0.2) is 0 Å². The van der Waals surface area contributed by atoms with Gasteiger partial charge in [-0.1, -0.05) is 13.8 Å². The Morgan fingerprint density at radius 2 is 2.18 bits per heavy atom. The predicted octanol–water partition coefficient (Wildman–Crippen LogP) is 0.459. The van der Waals surface area contributed by atoms with Gasteiger partial charge in [-0.2, -0.15) is 0 Å². The van der Waals surface area contributed by atoms with Gasteiger partial charge in [0.15, 0.2) is 0 Å². The monoisotopic (exact) mass is 242 g/mol. The molecule has 3 atom stereocenters. The van der Waals surface area contributed by atoms with Gasteiger partial charge >= 0.3 is 5.97 Å². The van der Waals surface area contributed by atoms with Crippen LogP contribution in [0.25, 0.3) is 0 Å². The Kier molecular flexibility index (Phi) is 5.41. The van der Waals surface area contributed by atoms with E-state index in [1.807, 2.05) is 6.92 Å². The van der Waals surface area contributed by atoms with Crippen molar-refractivity contribution in [3.63, 3.8) is 0 Å². The predicted molar refractivity (Wildman–Crippen MR) is 64.6 cm³/mol. The van der Waals surface area contributed by atoms with Crippen molar-refractivity contribution in [1.29, 1.82) is 0 Å². The molecule has 0 aliphatic carbocycles. The molecule has 1 fully saturated rings. The topological polar surface area (TPSA) is 78.4 Å². The van der Waals surface area contributed by atoms with Crippen LogP contribution < -0.4 is 10.6 Å². The summed E-state index contributed by atoms with van der Waals surface area (Å²) in [6.07, 6.45) is 0.770. The molecule has 1 aliphatic rings. The highest BCUT2D eigenvalue weighted by Gasteiger charge is 2.29. The normalized spacial score (nSPS) is 25.5. The van der Waals surface area contributed by atoms with Gasteiger partial charge in [0.2, 0.25) is 5.91 Å². The first-order chi connectivity index (χ1) is 8.00. The van der Waals surface area contributed by atoms with E-state index in [0.29, 0.717) is 18.9 Å². The molecule has 0 bridgehead atoms. The molecule has 0 aromatic rings. The van der Waals surface area contributed by atoms with Crippen molar-refractivity contribution in [2.45, 2.75) is 26.7 Å². The Balaban J connectivity index is 2.21. The number of carboxylic acid groups (broad SMARTS) is 1. The lowest BCUT2D eigenvalue weighted by atomic mass is 9.97. The van der Waals surface area contributed by atoms with E-state index < -0.39 is 5.97 Å². The van der Waals surface area contributed by atoms with Crippen molar-refractivity contribution in [2.75, 3.05) is 19.6 Å². The molecule has 1 saturated heterocycles. The summed E-state index contributed by atoms with van der Waals surface area (Å²) in [6.45, 7) is 6.23. The van der Waals surface area contributed by atoms with E-state index in [2.05, 4.69) is 17.6 Å². The van der Waals surface area contributed by atoms with Gasteiger partial charge in [-0.3, -0.25) is 9.59 Å². The van der Waals surface area contributed by atoms with Crippen LogP contribution in [0.3, 0.4) is 0 Å². The molecule has 1 amide bonds. The molecule has 0 aromatic carbocycles. The number of hydrogen-bond acceptors (Lipinski definition) is 3. The molecule has 1 unspecified atom stereocenters. The lowest BCUT2D eigenvalue weighted by Gasteiger charge is -2.16. The van der Waals surface area contributed by atoms with Crippen LogP contribution >= 0.6 is 0 Å². The van der Waals surface area contributed by atoms with Crippen LogP contribution in [0.2, 0.25) is 0 Å². The summed E-state index contributed by atoms with van der Waals surface area (Å²) in [5, 5.41) is 14.7. The average Bonchev–Trinajstić information content (AvgIpc) is 2.69. The van der Waals surface area contributed by atoms with E-state index in [1.165, 1.54) is 0 Å². The second kappa shape index (κ2) is 6.59. The van der Waals surface area contributed by atoms with Crippen molar-refractivity contribution < 1.29 is 14.7 Å². The highest BCUT2D eigenvalue weighted by atomic mass is 16.4. The Bertz CT molecular complexity index is 281. The summed E-state index contributed by atoms with van der Waals surface area (Å²) in [4.78, 5) is 22.2. The van der Waals surface area contributed by atoms with E-state index in [9.17, 15) is 9.59 Å². The molecule has 1 heterocycles. The second-order valence-corrected chi connectivity index (χ2v) is 5.02. The van der Waals surface area contributed by atoms with Gasteiger partial charge in [0, 0.05) is 19.5 Å². The van der Waals surface area contributed by atoms with Crippen LogP contribution in [0, 0.1) is 17.8 Å². The molecule has 0 spiro atoms. The summed E-state index contributed by atoms with van der Waals surface area (Å²) >= 11 is 0. The van der Waals surface area contributed by atoms with Gasteiger partial charge in [0.25, 0.3) is 0 Å². The van der Waals surface area contributed by atoms with E-state index >= 15 is 0 Å². The second-order valence-electron chi connectivity index (χ2n) is 5.02. The fraction of sp³-hybridized carbons (Fsp3) is 0.833. The fourth-order valence-electron chi connectivity index (χ4n) is 2.04. The minimum Gasteiger partial charge on any atom is -0.481 e. The van der Waals surface area contributed by atoms with Crippen LogP contribution in [0.1, 0.15) is 26.7 Å². The first-order valence-corrected chi connectivity index (χ1v) is 6.21. The summed E-state index contributed by atoms with van der Waals surface area (Å²) in [5.74, 6) is -0.0489. The number of carboxylic acids is 1. The van der Waals surface area contributed by atoms with Gasteiger partial charge in [0.1, 0.15) is 0 Å². The molecule has 1 aliphatic heterocycles. The minimum absolute atomic E-state index is 0.0571. The van der Waals surface area contributed by atoms with Crippen LogP contribution in [0.4, 0.5) is 0 Å². The zero-order valence-corrected chi connectivity index (χ0v) is 10.5. The number of rotatable bonds is 6. The summed E-state index contributed by atoms with van der Waals surface area (Å²) in [5.41, 5.74) is 0. The molecule has 98 valence electrons. The Morgan fingerprint density at radius 3 is 2.71 bits per heavy atom. The van der Waals surface area contributed by atoms with Gasteiger partial charge in [-0.05, 0) is 24.8 Å². The maximum Gasteiger partial charge on any atom is 0.303 e. The molecule has 5 heteroatoms. The first-order valence-electron chi connectivity index (χ1n) is 6.21. The third-order valence-electron chi connectivity index (χ3n) is 3.33. The van der Waals surface area contributed by atoms with Crippen molar-refractivity contribution >= 4 is 11.9 Å². The van der Waals surface area contributed by atoms with Crippen molar-refractivity contribution in [3.05, 3.63) is 0 Å². The number of nitrogens with one attached hydrogen (secondary N) is 2. The van der Waals surface area contributed by atoms with Gasteiger partial charge < -0.3 is 15.7 Å². The number of aliphatic carboxylic acids is 1. The number of amides is 1. The van der Waals surface area contributed by atoms with Crippen LogP contribution in [0.15, 0.2) is 0 Å². The first kappa shape index (κ1) is 14.0. The van der Waals surface area contributed by atoms with E-state index in [4.69, 9.17) is 5.11 Å². The molecule has 0 saturated carbocycles. The maximum atomic E-state index is 11.8. The zero-order chi connectivity index (χ0) is 12.8. The quantitative estimate of drug-likeness (QED) is 0.632. The standard InChI is InChI=1S/C12H22N2O3/c1-8(3-4-11(15)16)5-14-12(17)10-7-13-6-9(10)2/h8-10,13H,3-7H2,1-2H3,(H,14,17)(H,15,16)/t8?,9-,10-/m1/s1. The number of carbonyl (C=O) groups excluding carboxylic acids is 1. The van der Waals surface area contributed by atoms with Crippen LogP contribution in [0.5, 0.6) is 0 Å². The van der Waals surface area contributed by atoms with Crippen molar-refractivity contribution in [1.82, 2.24) is 10.6 Å². The lowest BCUT2D eigenvalue weighted by molar-refractivity contribution is -0.137. The summed E-state index contributed by atoms with van der Waals surface area (Å²) in [7, 11) is 0.